The van der Waals surface area contributed by atoms with Gasteiger partial charge >= 0.3 is 0 Å². The summed E-state index contributed by atoms with van der Waals surface area (Å²) in [6, 6.07) is 5.21. The van der Waals surface area contributed by atoms with Crippen molar-refractivity contribution >= 4 is 28.9 Å². The highest BCUT2D eigenvalue weighted by atomic mass is 32.1. The Balaban J connectivity index is 2.24. The molecule has 2 N–H and O–H groups in total. The Bertz CT molecular complexity index is 874. The van der Waals surface area contributed by atoms with E-state index in [-0.39, 0.29) is 5.11 Å². The van der Waals surface area contributed by atoms with Gasteiger partial charge in [0, 0.05) is 5.69 Å². The molecule has 2 aromatic rings. The second kappa shape index (κ2) is 7.69. The van der Waals surface area contributed by atoms with Crippen LogP contribution >= 0.6 is 12.2 Å². The van der Waals surface area contributed by atoms with Gasteiger partial charge in [0.15, 0.2) is 22.5 Å². The van der Waals surface area contributed by atoms with Crippen LogP contribution in [0.2, 0.25) is 0 Å². The van der Waals surface area contributed by atoms with E-state index in [0.29, 0.717) is 5.69 Å². The van der Waals surface area contributed by atoms with E-state index in [9.17, 15) is 22.4 Å². The lowest BCUT2D eigenvalue weighted by Crippen LogP contribution is -2.35. The molecule has 1 amide bonds. The van der Waals surface area contributed by atoms with Gasteiger partial charge in [-0.1, -0.05) is 6.07 Å². The zero-order valence-electron chi connectivity index (χ0n) is 14.0. The number of aryl methyl sites for hydroxylation is 2. The molecule has 0 saturated carbocycles. The lowest BCUT2D eigenvalue weighted by atomic mass is 10.1. The Kier molecular flexibility index (Phi) is 5.81. The number of halogens is 4. The molecule has 26 heavy (non-hydrogen) atoms. The highest BCUT2D eigenvalue weighted by Gasteiger charge is 2.30. The van der Waals surface area contributed by atoms with E-state index < -0.39 is 40.5 Å². The maximum atomic E-state index is 13.9. The Hall–Kier alpha value is -2.68. The van der Waals surface area contributed by atoms with Gasteiger partial charge in [0.2, 0.25) is 11.6 Å². The van der Waals surface area contributed by atoms with Crippen LogP contribution in [-0.4, -0.2) is 18.1 Å². The lowest BCUT2D eigenvalue weighted by molar-refractivity contribution is 0.0966. The normalized spacial score (nSPS) is 10.4. The van der Waals surface area contributed by atoms with Gasteiger partial charge in [0.25, 0.3) is 5.91 Å². The highest BCUT2D eigenvalue weighted by molar-refractivity contribution is 7.80. The van der Waals surface area contributed by atoms with Crippen molar-refractivity contribution in [3.63, 3.8) is 0 Å². The smallest absolute Gasteiger partial charge is 0.263 e. The third-order valence-corrected chi connectivity index (χ3v) is 3.85. The van der Waals surface area contributed by atoms with Gasteiger partial charge < -0.3 is 10.1 Å². The lowest BCUT2D eigenvalue weighted by Gasteiger charge is -2.13. The summed E-state index contributed by atoms with van der Waals surface area (Å²) in [7, 11) is 0.836. The van der Waals surface area contributed by atoms with E-state index in [4.69, 9.17) is 12.2 Å². The standard InChI is InChI=1S/C17H14F4N2O2S/c1-7-4-5-9(6-8(7)2)22-17(26)23-16(24)10-11(18)13(20)15(25-3)14(21)12(10)19/h4-6H,1-3H3,(H2,22,23,24,26). The summed E-state index contributed by atoms with van der Waals surface area (Å²) < 4.78 is 59.5. The van der Waals surface area contributed by atoms with Crippen LogP contribution in [0.3, 0.4) is 0 Å². The topological polar surface area (TPSA) is 50.4 Å². The van der Waals surface area contributed by atoms with Crippen molar-refractivity contribution in [2.24, 2.45) is 0 Å². The Morgan fingerprint density at radius 2 is 1.58 bits per heavy atom. The number of carbonyl (C=O) groups excluding carboxylic acids is 1. The number of rotatable bonds is 3. The summed E-state index contributed by atoms with van der Waals surface area (Å²) in [6.07, 6.45) is 0. The second-order valence-corrected chi connectivity index (χ2v) is 5.78. The quantitative estimate of drug-likeness (QED) is 0.476. The highest BCUT2D eigenvalue weighted by Crippen LogP contribution is 2.29. The van der Waals surface area contributed by atoms with Gasteiger partial charge in [-0.25, -0.2) is 8.78 Å². The molecule has 138 valence electrons. The molecule has 9 heteroatoms. The molecule has 0 aliphatic rings. The van der Waals surface area contributed by atoms with Crippen LogP contribution in [0.5, 0.6) is 5.75 Å². The number of thiocarbonyl (C=S) groups is 1. The van der Waals surface area contributed by atoms with Gasteiger partial charge in [0.05, 0.1) is 7.11 Å². The number of ether oxygens (including phenoxy) is 1. The number of hydrogen-bond acceptors (Lipinski definition) is 3. The molecule has 0 aromatic heterocycles. The maximum Gasteiger partial charge on any atom is 0.263 e. The zero-order chi connectivity index (χ0) is 19.6. The molecule has 0 atom stereocenters. The molecule has 0 spiro atoms. The van der Waals surface area contributed by atoms with Crippen LogP contribution in [-0.2, 0) is 0 Å². The summed E-state index contributed by atoms with van der Waals surface area (Å²) in [5.41, 5.74) is 1.05. The molecule has 4 nitrogen and oxygen atoms in total. The van der Waals surface area contributed by atoms with E-state index in [1.54, 1.807) is 18.2 Å². The van der Waals surface area contributed by atoms with Gasteiger partial charge in [-0.2, -0.15) is 8.78 Å². The number of carbonyl (C=O) groups is 1. The summed E-state index contributed by atoms with van der Waals surface area (Å²) in [5, 5.41) is 4.33. The first kappa shape index (κ1) is 19.6. The SMILES string of the molecule is COc1c(F)c(F)c(C(=O)NC(=S)Nc2ccc(C)c(C)c2)c(F)c1F. The van der Waals surface area contributed by atoms with Crippen molar-refractivity contribution in [3.8, 4) is 5.75 Å². The van der Waals surface area contributed by atoms with E-state index in [2.05, 4.69) is 10.1 Å². The zero-order valence-corrected chi connectivity index (χ0v) is 14.8. The van der Waals surface area contributed by atoms with Crippen LogP contribution in [0, 0.1) is 37.1 Å². The first-order chi connectivity index (χ1) is 12.2. The minimum Gasteiger partial charge on any atom is -0.491 e. The van der Waals surface area contributed by atoms with Gasteiger partial charge in [-0.15, -0.1) is 0 Å². The Morgan fingerprint density at radius 1 is 1.00 bits per heavy atom. The van der Waals surface area contributed by atoms with Crippen LogP contribution in [0.1, 0.15) is 21.5 Å². The van der Waals surface area contributed by atoms with Crippen LogP contribution in [0.25, 0.3) is 0 Å². The predicted octanol–water partition coefficient (Wildman–Crippen LogP) is 4.00. The van der Waals surface area contributed by atoms with E-state index >= 15 is 0 Å². The molecular weight excluding hydrogens is 372 g/mol. The molecular formula is C17H14F4N2O2S. The molecule has 0 unspecified atom stereocenters. The maximum absolute atomic E-state index is 13.9. The van der Waals surface area contributed by atoms with Crippen molar-refractivity contribution in [1.82, 2.24) is 5.32 Å². The van der Waals surface area contributed by atoms with Crippen LogP contribution in [0.15, 0.2) is 18.2 Å². The van der Waals surface area contributed by atoms with Gasteiger partial charge in [-0.3, -0.25) is 10.1 Å². The largest absolute Gasteiger partial charge is 0.491 e. The number of methoxy groups -OCH3 is 1. The van der Waals surface area contributed by atoms with Crippen molar-refractivity contribution in [1.29, 1.82) is 0 Å². The number of amides is 1. The van der Waals surface area contributed by atoms with Crippen molar-refractivity contribution in [3.05, 3.63) is 58.2 Å². The predicted molar refractivity (Wildman–Crippen MR) is 92.4 cm³/mol. The molecule has 0 aliphatic carbocycles. The van der Waals surface area contributed by atoms with Gasteiger partial charge in [-0.05, 0) is 49.3 Å². The number of hydrogen-bond donors (Lipinski definition) is 2. The minimum absolute atomic E-state index is 0.298. The summed E-state index contributed by atoms with van der Waals surface area (Å²) in [4.78, 5) is 12.0. The third-order valence-electron chi connectivity index (χ3n) is 3.65. The molecule has 0 fully saturated rings. The molecule has 0 saturated heterocycles. The molecule has 0 bridgehead atoms. The fraction of sp³-hybridized carbons (Fsp3) is 0.176. The molecule has 2 rings (SSSR count). The van der Waals surface area contributed by atoms with E-state index in [1.807, 2.05) is 19.2 Å². The summed E-state index contributed by atoms with van der Waals surface area (Å²) >= 11 is 4.89. The van der Waals surface area contributed by atoms with E-state index in [1.165, 1.54) is 0 Å². The third kappa shape index (κ3) is 3.77. The van der Waals surface area contributed by atoms with Crippen LogP contribution < -0.4 is 15.4 Å². The minimum atomic E-state index is -1.88. The summed E-state index contributed by atoms with van der Waals surface area (Å²) in [5.74, 6) is -10.1. The molecule has 0 aliphatic heterocycles. The average Bonchev–Trinajstić information content (AvgIpc) is 2.57. The van der Waals surface area contributed by atoms with Crippen LogP contribution in [0.4, 0.5) is 23.2 Å². The molecule has 0 heterocycles. The molecule has 0 radical (unpaired) electrons. The monoisotopic (exact) mass is 386 g/mol. The first-order valence-electron chi connectivity index (χ1n) is 7.26. The fourth-order valence-corrected chi connectivity index (χ4v) is 2.35. The number of benzene rings is 2. The Labute approximate surface area is 152 Å². The van der Waals surface area contributed by atoms with Crippen molar-refractivity contribution < 1.29 is 27.1 Å². The molecule has 2 aromatic carbocycles. The van der Waals surface area contributed by atoms with Crippen molar-refractivity contribution in [2.45, 2.75) is 13.8 Å². The van der Waals surface area contributed by atoms with Gasteiger partial charge in [0.1, 0.15) is 5.56 Å². The first-order valence-corrected chi connectivity index (χ1v) is 7.67. The summed E-state index contributed by atoms with van der Waals surface area (Å²) in [6.45, 7) is 3.76. The fourth-order valence-electron chi connectivity index (χ4n) is 2.14. The van der Waals surface area contributed by atoms with E-state index in [0.717, 1.165) is 18.2 Å². The Morgan fingerprint density at radius 3 is 2.08 bits per heavy atom. The van der Waals surface area contributed by atoms with Crippen molar-refractivity contribution in [2.75, 3.05) is 12.4 Å². The number of nitrogens with one attached hydrogen (secondary N) is 2. The second-order valence-electron chi connectivity index (χ2n) is 5.37. The number of anilines is 1. The average molecular weight is 386 g/mol.